The van der Waals surface area contributed by atoms with Crippen LogP contribution in [0.15, 0.2) is 11.6 Å². The van der Waals surface area contributed by atoms with Crippen LogP contribution in [0.2, 0.25) is 0 Å². The molecule has 370 valence electrons. The Morgan fingerprint density at radius 1 is 0.662 bits per heavy atom. The Morgan fingerprint density at radius 3 is 1.92 bits per heavy atom. The van der Waals surface area contributed by atoms with E-state index >= 15 is 0 Å². The van der Waals surface area contributed by atoms with Gasteiger partial charge < -0.3 is 79.5 Å². The maximum absolute atomic E-state index is 14.7. The van der Waals surface area contributed by atoms with Crippen LogP contribution in [-0.2, 0) is 38.0 Å². The first-order chi connectivity index (χ1) is 30.3. The lowest BCUT2D eigenvalue weighted by molar-refractivity contribution is -0.351. The van der Waals surface area contributed by atoms with E-state index in [4.69, 9.17) is 28.4 Å². The summed E-state index contributed by atoms with van der Waals surface area (Å²) < 4.78 is 35.6. The highest BCUT2D eigenvalue weighted by Crippen LogP contribution is 2.76. The number of allylic oxidation sites excluding steroid dienone is 2. The van der Waals surface area contributed by atoms with E-state index in [1.54, 1.807) is 0 Å². The third-order valence-electron chi connectivity index (χ3n) is 18.9. The van der Waals surface area contributed by atoms with Crippen molar-refractivity contribution in [3.8, 4) is 0 Å². The molecule has 4 saturated carbocycles. The number of hydrogen-bond donors (Lipinski definition) is 10. The minimum Gasteiger partial charge on any atom is -0.479 e. The summed E-state index contributed by atoms with van der Waals surface area (Å²) in [7, 11) is 0. The van der Waals surface area contributed by atoms with Gasteiger partial charge in [0, 0.05) is 0 Å². The van der Waals surface area contributed by atoms with Crippen LogP contribution in [0.1, 0.15) is 113 Å². The first-order valence-electron chi connectivity index (χ1n) is 23.7. The van der Waals surface area contributed by atoms with Gasteiger partial charge in [0.25, 0.3) is 0 Å². The monoisotopic (exact) mass is 926 g/mol. The van der Waals surface area contributed by atoms with Crippen LogP contribution in [0.5, 0.6) is 0 Å². The Hall–Kier alpha value is -1.88. The molecule has 0 aromatic heterocycles. The molecule has 10 N–H and O–H groups in total. The summed E-state index contributed by atoms with van der Waals surface area (Å²) in [4.78, 5) is 26.9. The molecule has 0 amide bonds. The summed E-state index contributed by atoms with van der Waals surface area (Å²) in [6.07, 6.45) is -13.2. The number of aliphatic hydroxyl groups excluding tert-OH is 9. The van der Waals surface area contributed by atoms with Gasteiger partial charge >= 0.3 is 11.9 Å². The minimum absolute atomic E-state index is 0.0712. The van der Waals surface area contributed by atoms with Crippen LogP contribution in [0.3, 0.4) is 0 Å². The van der Waals surface area contributed by atoms with E-state index in [2.05, 4.69) is 54.5 Å². The quantitative estimate of drug-likeness (QED) is 0.0872. The zero-order valence-corrected chi connectivity index (χ0v) is 38.7. The second-order valence-corrected chi connectivity index (χ2v) is 23.0. The third kappa shape index (κ3) is 7.67. The molecule has 3 heterocycles. The summed E-state index contributed by atoms with van der Waals surface area (Å²) in [5.41, 5.74) is -0.899. The molecule has 18 heteroatoms. The predicted molar refractivity (Wildman–Crippen MR) is 225 cm³/mol. The van der Waals surface area contributed by atoms with Gasteiger partial charge in [-0.15, -0.1) is 0 Å². The van der Waals surface area contributed by atoms with Crippen molar-refractivity contribution in [1.29, 1.82) is 0 Å². The number of carbonyl (C=O) groups is 2. The molecule has 8 rings (SSSR count). The Balaban J connectivity index is 1.05. The lowest BCUT2D eigenvalue weighted by atomic mass is 9.33. The van der Waals surface area contributed by atoms with E-state index in [0.29, 0.717) is 19.3 Å². The summed E-state index contributed by atoms with van der Waals surface area (Å²) in [6, 6.07) is 0. The van der Waals surface area contributed by atoms with E-state index in [0.717, 1.165) is 44.9 Å². The Bertz CT molecular complexity index is 1820. The SMILES string of the molecule is CC1(C)CC[C@]2(C(=O)O[C@@H]3O[C@H](CO)[C@@H](O)[C@H](O)[C@H]3O)CC[C@]3(C)C(=CC[C@@H]4[C@@]5(C)CC[C@H](O[C@@H]6O[C@H](C(=O)O)[C@@H](O)[C@H](O)[C@H]6O[C@@H]6O[C@H](CO)[C@@H](O)[C@@H]6O)C(C)(C)[C@@H]5CC[C@]43C)[C@@H]2C1. The van der Waals surface area contributed by atoms with Crippen molar-refractivity contribution >= 4 is 11.9 Å². The molecule has 18 nitrogen and oxygen atoms in total. The van der Waals surface area contributed by atoms with Gasteiger partial charge in [-0.25, -0.2) is 4.79 Å². The molecule has 22 atom stereocenters. The molecule has 3 aliphatic heterocycles. The first kappa shape index (κ1) is 49.5. The average Bonchev–Trinajstić information content (AvgIpc) is 3.52. The standard InChI is InChI=1S/C47H74O18/c1-42(2)14-16-47(41(59)65-39-34(56)30(52)28(50)23(19-48)61-39)17-15-45(6)21(22(47)18-42)8-9-26-44(5)12-11-27(43(3,4)25(44)10-13-46(26,45)7)62-40-36(32(54)31(53)35(63-40)37(57)58)64-38-33(55)29(51)24(20-49)60-38/h8,22-36,38-40,48-56H,9-20H2,1-7H3,(H,57,58)/t22-,23+,24+,25-,26+,27-,28+,29+,30-,31-,32-,33-,34+,35-,36+,38-,39-,40+,44-,45+,46+,47-/m0/s1. The normalized spacial score (nSPS) is 52.5. The second-order valence-electron chi connectivity index (χ2n) is 23.0. The number of fused-ring (bicyclic) bond motifs is 7. The van der Waals surface area contributed by atoms with Gasteiger partial charge in [-0.2, -0.15) is 0 Å². The highest BCUT2D eigenvalue weighted by molar-refractivity contribution is 5.79. The molecular formula is C47H74O18. The van der Waals surface area contributed by atoms with Crippen LogP contribution < -0.4 is 0 Å². The summed E-state index contributed by atoms with van der Waals surface area (Å²) >= 11 is 0. The van der Waals surface area contributed by atoms with Gasteiger partial charge in [0.15, 0.2) is 18.7 Å². The fraction of sp³-hybridized carbons (Fsp3) is 0.915. The molecule has 0 aromatic rings. The van der Waals surface area contributed by atoms with E-state index in [-0.39, 0.29) is 39.4 Å². The number of hydrogen-bond acceptors (Lipinski definition) is 17. The maximum atomic E-state index is 14.7. The lowest BCUT2D eigenvalue weighted by Crippen LogP contribution is -2.66. The Kier molecular flexibility index (Phi) is 13.1. The van der Waals surface area contributed by atoms with Crippen molar-refractivity contribution in [2.24, 2.45) is 50.2 Å². The molecule has 0 unspecified atom stereocenters. The molecule has 8 aliphatic rings. The summed E-state index contributed by atoms with van der Waals surface area (Å²) in [5.74, 6) is -1.83. The highest BCUT2D eigenvalue weighted by atomic mass is 16.8. The van der Waals surface area contributed by atoms with Crippen molar-refractivity contribution in [2.45, 2.75) is 205 Å². The van der Waals surface area contributed by atoms with Crippen LogP contribution in [-0.4, -0.2) is 168 Å². The highest BCUT2D eigenvalue weighted by Gasteiger charge is 2.70. The van der Waals surface area contributed by atoms with Gasteiger partial charge in [-0.3, -0.25) is 4.79 Å². The number of aliphatic carboxylic acids is 1. The van der Waals surface area contributed by atoms with Crippen molar-refractivity contribution in [1.82, 2.24) is 0 Å². The largest absolute Gasteiger partial charge is 0.479 e. The minimum atomic E-state index is -1.92. The first-order valence-corrected chi connectivity index (χ1v) is 23.7. The van der Waals surface area contributed by atoms with Crippen molar-refractivity contribution in [3.63, 3.8) is 0 Å². The fourth-order valence-electron chi connectivity index (χ4n) is 14.8. The van der Waals surface area contributed by atoms with Gasteiger partial charge in [0.05, 0.1) is 24.7 Å². The van der Waals surface area contributed by atoms with Crippen molar-refractivity contribution < 1.29 is 89.1 Å². The third-order valence-corrected chi connectivity index (χ3v) is 18.9. The van der Waals surface area contributed by atoms with E-state index in [9.17, 15) is 60.7 Å². The van der Waals surface area contributed by atoms with Gasteiger partial charge in [-0.05, 0) is 109 Å². The summed E-state index contributed by atoms with van der Waals surface area (Å²) in [6.45, 7) is 14.6. The number of rotatable bonds is 9. The molecule has 3 saturated heterocycles. The number of carbonyl (C=O) groups excluding carboxylic acids is 1. The van der Waals surface area contributed by atoms with Crippen molar-refractivity contribution in [2.75, 3.05) is 13.2 Å². The van der Waals surface area contributed by atoms with Gasteiger partial charge in [-0.1, -0.05) is 60.1 Å². The lowest BCUT2D eigenvalue weighted by Gasteiger charge is -2.71. The Labute approximate surface area is 380 Å². The maximum Gasteiger partial charge on any atom is 0.335 e. The predicted octanol–water partition coefficient (Wildman–Crippen LogP) is 0.872. The molecule has 0 spiro atoms. The zero-order chi connectivity index (χ0) is 47.6. The zero-order valence-electron chi connectivity index (χ0n) is 38.7. The van der Waals surface area contributed by atoms with Crippen LogP contribution in [0.4, 0.5) is 0 Å². The van der Waals surface area contributed by atoms with Crippen LogP contribution in [0.25, 0.3) is 0 Å². The number of ether oxygens (including phenoxy) is 6. The van der Waals surface area contributed by atoms with Crippen LogP contribution >= 0.6 is 0 Å². The molecule has 7 fully saturated rings. The van der Waals surface area contributed by atoms with E-state index in [1.807, 2.05) is 0 Å². The van der Waals surface area contributed by atoms with E-state index < -0.39 is 128 Å². The molecule has 0 bridgehead atoms. The number of aliphatic hydroxyl groups is 9. The van der Waals surface area contributed by atoms with Gasteiger partial charge in [0.1, 0.15) is 61.0 Å². The second kappa shape index (κ2) is 17.2. The topological polar surface area (TPSA) is 292 Å². The number of carboxylic acid groups (broad SMARTS) is 1. The summed E-state index contributed by atoms with van der Waals surface area (Å²) in [5, 5.41) is 104. The molecule has 0 radical (unpaired) electrons. The van der Waals surface area contributed by atoms with E-state index in [1.165, 1.54) is 5.57 Å². The fourth-order valence-corrected chi connectivity index (χ4v) is 14.8. The van der Waals surface area contributed by atoms with Crippen molar-refractivity contribution in [3.05, 3.63) is 11.6 Å². The van der Waals surface area contributed by atoms with Gasteiger partial charge in [0.2, 0.25) is 6.29 Å². The van der Waals surface area contributed by atoms with Crippen LogP contribution in [0, 0.1) is 50.2 Å². The smallest absolute Gasteiger partial charge is 0.335 e. The number of esters is 1. The number of carboxylic acids is 1. The molecule has 5 aliphatic carbocycles. The Morgan fingerprint density at radius 2 is 1.28 bits per heavy atom. The molecular weight excluding hydrogens is 852 g/mol. The molecule has 65 heavy (non-hydrogen) atoms. The molecule has 0 aromatic carbocycles. The average molecular weight is 927 g/mol.